The minimum Gasteiger partial charge on any atom is -0.342 e. The Morgan fingerprint density at radius 2 is 2.20 bits per heavy atom. The molecule has 2 unspecified atom stereocenters. The molecule has 1 aliphatic heterocycles. The van der Waals surface area contributed by atoms with Gasteiger partial charge in [-0.2, -0.15) is 0 Å². The second kappa shape index (κ2) is 5.91. The lowest BCUT2D eigenvalue weighted by atomic mass is 9.89. The van der Waals surface area contributed by atoms with Crippen LogP contribution in [-0.4, -0.2) is 33.3 Å². The second-order valence-electron chi connectivity index (χ2n) is 5.33. The Balaban J connectivity index is 2.29. The molecule has 1 aromatic rings. The maximum Gasteiger partial charge on any atom is 0.246 e. The quantitative estimate of drug-likeness (QED) is 0.903. The largest absolute Gasteiger partial charge is 0.342 e. The monoisotopic (exact) mass is 295 g/mol. The van der Waals surface area contributed by atoms with Gasteiger partial charge in [-0.1, -0.05) is 20.3 Å². The molecular weight excluding hydrogens is 274 g/mol. The van der Waals surface area contributed by atoms with Gasteiger partial charge >= 0.3 is 0 Å². The standard InChI is InChI=1S/C14H21N3O2S/c1-4-6-11-12(18)17(8-10-7-15-9-20-10)14(3,5-2)13(19)16-11/h7,9,11H,4-6,8H2,1-3H3,(H,16,19). The van der Waals surface area contributed by atoms with E-state index in [1.54, 1.807) is 16.6 Å². The van der Waals surface area contributed by atoms with Crippen molar-refractivity contribution in [2.75, 3.05) is 0 Å². The average molecular weight is 295 g/mol. The molecule has 2 heterocycles. The first-order chi connectivity index (χ1) is 9.52. The first-order valence-electron chi connectivity index (χ1n) is 7.02. The summed E-state index contributed by atoms with van der Waals surface area (Å²) in [7, 11) is 0. The van der Waals surface area contributed by atoms with Crippen LogP contribution in [0.15, 0.2) is 11.7 Å². The molecule has 2 atom stereocenters. The fourth-order valence-electron chi connectivity index (χ4n) is 2.49. The molecule has 0 aromatic carbocycles. The summed E-state index contributed by atoms with van der Waals surface area (Å²) in [5.74, 6) is -0.0354. The third-order valence-corrected chi connectivity index (χ3v) is 4.78. The van der Waals surface area contributed by atoms with Crippen molar-refractivity contribution in [3.05, 3.63) is 16.6 Å². The maximum absolute atomic E-state index is 12.7. The summed E-state index contributed by atoms with van der Waals surface area (Å²) in [6.07, 6.45) is 3.91. The highest BCUT2D eigenvalue weighted by atomic mass is 32.1. The van der Waals surface area contributed by atoms with Crippen LogP contribution >= 0.6 is 11.3 Å². The van der Waals surface area contributed by atoms with Crippen molar-refractivity contribution < 1.29 is 9.59 Å². The summed E-state index contributed by atoms with van der Waals surface area (Å²) in [5.41, 5.74) is 0.974. The highest BCUT2D eigenvalue weighted by molar-refractivity contribution is 7.09. The lowest BCUT2D eigenvalue weighted by Gasteiger charge is -2.45. The Labute approximate surface area is 123 Å². The molecule has 110 valence electrons. The summed E-state index contributed by atoms with van der Waals surface area (Å²) in [6.45, 7) is 6.25. The van der Waals surface area contributed by atoms with Crippen LogP contribution in [0.4, 0.5) is 0 Å². The molecule has 0 spiro atoms. The van der Waals surface area contributed by atoms with Gasteiger partial charge in [-0.3, -0.25) is 14.6 Å². The zero-order valence-electron chi connectivity index (χ0n) is 12.2. The minimum absolute atomic E-state index is 0.0178. The number of nitrogens with zero attached hydrogens (tertiary/aromatic N) is 2. The smallest absolute Gasteiger partial charge is 0.246 e. The number of amides is 2. The lowest BCUT2D eigenvalue weighted by molar-refractivity contribution is -0.157. The Morgan fingerprint density at radius 3 is 2.75 bits per heavy atom. The number of hydrogen-bond acceptors (Lipinski definition) is 4. The molecular formula is C14H21N3O2S. The van der Waals surface area contributed by atoms with E-state index in [0.717, 1.165) is 11.3 Å². The van der Waals surface area contributed by atoms with Crippen LogP contribution in [-0.2, 0) is 16.1 Å². The summed E-state index contributed by atoms with van der Waals surface area (Å²) in [4.78, 5) is 31.8. The molecule has 2 amide bonds. The zero-order valence-corrected chi connectivity index (χ0v) is 13.0. The van der Waals surface area contributed by atoms with Crippen molar-refractivity contribution in [2.45, 2.75) is 58.2 Å². The van der Waals surface area contributed by atoms with Gasteiger partial charge in [0.25, 0.3) is 0 Å². The van der Waals surface area contributed by atoms with Gasteiger partial charge < -0.3 is 10.2 Å². The Kier molecular flexibility index (Phi) is 4.42. The van der Waals surface area contributed by atoms with Crippen LogP contribution in [0.5, 0.6) is 0 Å². The molecule has 20 heavy (non-hydrogen) atoms. The molecule has 0 aliphatic carbocycles. The third kappa shape index (κ3) is 2.57. The zero-order chi connectivity index (χ0) is 14.8. The number of nitrogens with one attached hydrogen (secondary N) is 1. The van der Waals surface area contributed by atoms with Gasteiger partial charge in [0.2, 0.25) is 11.8 Å². The molecule has 1 N–H and O–H groups in total. The van der Waals surface area contributed by atoms with Crippen molar-refractivity contribution in [3.63, 3.8) is 0 Å². The summed E-state index contributed by atoms with van der Waals surface area (Å²) in [6, 6.07) is -0.389. The van der Waals surface area contributed by atoms with Crippen LogP contribution in [0.1, 0.15) is 44.9 Å². The van der Waals surface area contributed by atoms with Crippen LogP contribution < -0.4 is 5.32 Å². The van der Waals surface area contributed by atoms with Gasteiger partial charge in [0.1, 0.15) is 11.6 Å². The van der Waals surface area contributed by atoms with Crippen LogP contribution in [0.3, 0.4) is 0 Å². The third-order valence-electron chi connectivity index (χ3n) is 4.02. The predicted octanol–water partition coefficient (Wildman–Crippen LogP) is 1.94. The summed E-state index contributed by atoms with van der Waals surface area (Å²) >= 11 is 1.51. The molecule has 2 rings (SSSR count). The fraction of sp³-hybridized carbons (Fsp3) is 0.643. The topological polar surface area (TPSA) is 62.3 Å². The van der Waals surface area contributed by atoms with E-state index in [0.29, 0.717) is 19.4 Å². The second-order valence-corrected chi connectivity index (χ2v) is 6.31. The van der Waals surface area contributed by atoms with E-state index in [4.69, 9.17) is 0 Å². The maximum atomic E-state index is 12.7. The molecule has 6 heteroatoms. The summed E-state index contributed by atoms with van der Waals surface area (Å²) < 4.78 is 0. The number of carbonyl (C=O) groups excluding carboxylic acids is 2. The molecule has 5 nitrogen and oxygen atoms in total. The highest BCUT2D eigenvalue weighted by Gasteiger charge is 2.47. The predicted molar refractivity (Wildman–Crippen MR) is 78.2 cm³/mol. The normalized spacial score (nSPS) is 26.8. The van der Waals surface area contributed by atoms with Gasteiger partial charge in [0, 0.05) is 11.1 Å². The van der Waals surface area contributed by atoms with Crippen LogP contribution in [0.25, 0.3) is 0 Å². The molecule has 1 fully saturated rings. The van der Waals surface area contributed by atoms with Crippen LogP contribution in [0.2, 0.25) is 0 Å². The summed E-state index contributed by atoms with van der Waals surface area (Å²) in [5, 5.41) is 2.88. The molecule has 1 aliphatic rings. The van der Waals surface area contributed by atoms with E-state index in [-0.39, 0.29) is 17.9 Å². The van der Waals surface area contributed by atoms with E-state index in [2.05, 4.69) is 10.3 Å². The van der Waals surface area contributed by atoms with E-state index in [1.807, 2.05) is 20.8 Å². The minimum atomic E-state index is -0.773. The number of hydrogen-bond donors (Lipinski definition) is 1. The molecule has 0 saturated carbocycles. The van der Waals surface area contributed by atoms with Crippen LogP contribution in [0, 0.1) is 0 Å². The molecule has 1 saturated heterocycles. The van der Waals surface area contributed by atoms with Crippen molar-refractivity contribution in [1.82, 2.24) is 15.2 Å². The van der Waals surface area contributed by atoms with Gasteiger partial charge in [-0.25, -0.2) is 0 Å². The average Bonchev–Trinajstić information content (AvgIpc) is 2.94. The number of thiazole rings is 1. The number of piperazine rings is 1. The number of rotatable bonds is 5. The van der Waals surface area contributed by atoms with E-state index >= 15 is 0 Å². The van der Waals surface area contributed by atoms with E-state index in [1.165, 1.54) is 11.3 Å². The van der Waals surface area contributed by atoms with E-state index < -0.39 is 5.54 Å². The van der Waals surface area contributed by atoms with Crippen molar-refractivity contribution in [3.8, 4) is 0 Å². The SMILES string of the molecule is CCCC1NC(=O)C(C)(CC)N(Cc2cncs2)C1=O. The molecule has 0 radical (unpaired) electrons. The van der Waals surface area contributed by atoms with Crippen molar-refractivity contribution >= 4 is 23.2 Å². The fourth-order valence-corrected chi connectivity index (χ4v) is 3.08. The van der Waals surface area contributed by atoms with Crippen molar-refractivity contribution in [2.24, 2.45) is 0 Å². The van der Waals surface area contributed by atoms with E-state index in [9.17, 15) is 9.59 Å². The number of aromatic nitrogens is 1. The lowest BCUT2D eigenvalue weighted by Crippen LogP contribution is -2.68. The van der Waals surface area contributed by atoms with Crippen molar-refractivity contribution in [1.29, 1.82) is 0 Å². The Morgan fingerprint density at radius 1 is 1.45 bits per heavy atom. The van der Waals surface area contributed by atoms with Gasteiger partial charge in [-0.15, -0.1) is 11.3 Å². The Hall–Kier alpha value is -1.43. The van der Waals surface area contributed by atoms with Gasteiger partial charge in [0.05, 0.1) is 12.1 Å². The molecule has 0 bridgehead atoms. The van der Waals surface area contributed by atoms with Gasteiger partial charge in [0.15, 0.2) is 0 Å². The molecule has 1 aromatic heterocycles. The van der Waals surface area contributed by atoms with Gasteiger partial charge in [-0.05, 0) is 19.8 Å². The highest BCUT2D eigenvalue weighted by Crippen LogP contribution is 2.28. The Bertz CT molecular complexity index is 489. The first-order valence-corrected chi connectivity index (χ1v) is 7.90. The first kappa shape index (κ1) is 15.0. The number of carbonyl (C=O) groups is 2.